The summed E-state index contributed by atoms with van der Waals surface area (Å²) in [6, 6.07) is 13.9. The third-order valence-corrected chi connectivity index (χ3v) is 4.02. The van der Waals surface area contributed by atoms with Crippen molar-refractivity contribution in [3.05, 3.63) is 59.2 Å². The van der Waals surface area contributed by atoms with Crippen LogP contribution in [0.25, 0.3) is 11.1 Å². The fourth-order valence-corrected chi connectivity index (χ4v) is 3.20. The van der Waals surface area contributed by atoms with E-state index in [9.17, 15) is 9.90 Å². The Morgan fingerprint density at radius 2 is 1.30 bits per heavy atom. The van der Waals surface area contributed by atoms with E-state index < -0.39 is 5.97 Å². The van der Waals surface area contributed by atoms with Crippen LogP contribution in [0.5, 0.6) is 0 Å². The molecule has 122 valence electrons. The maximum absolute atomic E-state index is 11.8. The van der Waals surface area contributed by atoms with E-state index in [0.717, 1.165) is 22.3 Å². The first-order valence-corrected chi connectivity index (χ1v) is 8.00. The number of carboxylic acids is 1. The van der Waals surface area contributed by atoms with Crippen LogP contribution in [-0.4, -0.2) is 11.1 Å². The molecule has 1 N–H and O–H groups in total. The maximum atomic E-state index is 11.8. The van der Waals surface area contributed by atoms with Gasteiger partial charge in [0.15, 0.2) is 0 Å². The van der Waals surface area contributed by atoms with E-state index in [1.807, 2.05) is 24.3 Å². The van der Waals surface area contributed by atoms with Crippen LogP contribution in [0.1, 0.15) is 63.0 Å². The summed E-state index contributed by atoms with van der Waals surface area (Å²) in [6.45, 7) is 12.7. The zero-order chi connectivity index (χ0) is 17.4. The van der Waals surface area contributed by atoms with E-state index in [1.165, 1.54) is 0 Å². The highest BCUT2D eigenvalue weighted by Crippen LogP contribution is 2.42. The maximum Gasteiger partial charge on any atom is 0.335 e. The molecule has 23 heavy (non-hydrogen) atoms. The molecule has 0 radical (unpaired) electrons. The summed E-state index contributed by atoms with van der Waals surface area (Å²) in [7, 11) is 0. The fourth-order valence-electron chi connectivity index (χ4n) is 3.20. The molecule has 0 saturated carbocycles. The van der Waals surface area contributed by atoms with E-state index in [1.54, 1.807) is 6.07 Å². The Bertz CT molecular complexity index is 714. The van der Waals surface area contributed by atoms with Crippen molar-refractivity contribution in [3.63, 3.8) is 0 Å². The molecule has 2 rings (SSSR count). The first-order chi connectivity index (χ1) is 10.5. The topological polar surface area (TPSA) is 37.3 Å². The highest BCUT2D eigenvalue weighted by atomic mass is 16.4. The van der Waals surface area contributed by atoms with Crippen LogP contribution >= 0.6 is 0 Å². The third-order valence-electron chi connectivity index (χ3n) is 4.02. The van der Waals surface area contributed by atoms with Gasteiger partial charge in [0.2, 0.25) is 0 Å². The standard InChI is InChI=1S/C21H26O2/c1-20(2,3)17-15(14-10-8-7-9-11-14)12-13-16(19(22)23)18(17)21(4,5)6/h7-13H,1-6H3,(H,22,23). The van der Waals surface area contributed by atoms with Crippen LogP contribution in [0, 0.1) is 0 Å². The lowest BCUT2D eigenvalue weighted by atomic mass is 9.70. The smallest absolute Gasteiger partial charge is 0.335 e. The second-order valence-corrected chi connectivity index (χ2v) is 8.08. The summed E-state index contributed by atoms with van der Waals surface area (Å²) in [5.74, 6) is -0.861. The Labute approximate surface area is 139 Å². The Hall–Kier alpha value is -2.09. The molecule has 2 aromatic carbocycles. The van der Waals surface area contributed by atoms with Gasteiger partial charge in [-0.15, -0.1) is 0 Å². The highest BCUT2D eigenvalue weighted by molar-refractivity contribution is 5.92. The lowest BCUT2D eigenvalue weighted by Gasteiger charge is -2.34. The molecule has 0 aromatic heterocycles. The lowest BCUT2D eigenvalue weighted by Crippen LogP contribution is -2.26. The molecule has 0 heterocycles. The van der Waals surface area contributed by atoms with Crippen LogP contribution in [0.15, 0.2) is 42.5 Å². The van der Waals surface area contributed by atoms with Crippen LogP contribution in [0.4, 0.5) is 0 Å². The van der Waals surface area contributed by atoms with Crippen LogP contribution in [0.2, 0.25) is 0 Å². The Morgan fingerprint density at radius 1 is 0.783 bits per heavy atom. The molecule has 0 aliphatic carbocycles. The van der Waals surface area contributed by atoms with Gasteiger partial charge in [0, 0.05) is 0 Å². The van der Waals surface area contributed by atoms with Gasteiger partial charge in [-0.05, 0) is 39.2 Å². The fraction of sp³-hybridized carbons (Fsp3) is 0.381. The van der Waals surface area contributed by atoms with Crippen LogP contribution in [0.3, 0.4) is 0 Å². The average Bonchev–Trinajstić information content (AvgIpc) is 2.44. The predicted octanol–water partition coefficient (Wildman–Crippen LogP) is 5.65. The van der Waals surface area contributed by atoms with Crippen molar-refractivity contribution in [2.75, 3.05) is 0 Å². The summed E-state index contributed by atoms with van der Waals surface area (Å²) >= 11 is 0. The van der Waals surface area contributed by atoms with Crippen molar-refractivity contribution >= 4 is 5.97 Å². The quantitative estimate of drug-likeness (QED) is 0.778. The Balaban J connectivity index is 2.94. The minimum atomic E-state index is -0.861. The van der Waals surface area contributed by atoms with Gasteiger partial charge >= 0.3 is 5.97 Å². The molecule has 0 aliphatic rings. The number of carboxylic acid groups (broad SMARTS) is 1. The number of carbonyl (C=O) groups is 1. The van der Waals surface area contributed by atoms with E-state index in [0.29, 0.717) is 5.56 Å². The number of rotatable bonds is 2. The molecule has 0 unspecified atom stereocenters. The monoisotopic (exact) mass is 310 g/mol. The Kier molecular flexibility index (Phi) is 4.39. The first-order valence-electron chi connectivity index (χ1n) is 8.00. The second kappa shape index (κ2) is 5.84. The molecule has 0 atom stereocenters. The molecule has 0 fully saturated rings. The predicted molar refractivity (Wildman–Crippen MR) is 96.2 cm³/mol. The normalized spacial score (nSPS) is 12.3. The Morgan fingerprint density at radius 3 is 1.74 bits per heavy atom. The number of hydrogen-bond acceptors (Lipinski definition) is 1. The molecular formula is C21H26O2. The molecule has 0 bridgehead atoms. The van der Waals surface area contributed by atoms with Crippen molar-refractivity contribution < 1.29 is 9.90 Å². The van der Waals surface area contributed by atoms with E-state index >= 15 is 0 Å². The number of benzene rings is 2. The zero-order valence-corrected chi connectivity index (χ0v) is 14.9. The zero-order valence-electron chi connectivity index (χ0n) is 14.9. The van der Waals surface area contributed by atoms with Crippen molar-refractivity contribution in [3.8, 4) is 11.1 Å². The van der Waals surface area contributed by atoms with Crippen molar-refractivity contribution in [2.45, 2.75) is 52.4 Å². The molecule has 2 nitrogen and oxygen atoms in total. The highest BCUT2D eigenvalue weighted by Gasteiger charge is 2.32. The largest absolute Gasteiger partial charge is 0.478 e. The lowest BCUT2D eigenvalue weighted by molar-refractivity contribution is 0.0694. The van der Waals surface area contributed by atoms with E-state index in [4.69, 9.17) is 0 Å². The minimum absolute atomic E-state index is 0.154. The van der Waals surface area contributed by atoms with Gasteiger partial charge in [-0.1, -0.05) is 77.9 Å². The molecule has 2 aromatic rings. The summed E-state index contributed by atoms with van der Waals surface area (Å²) in [6.07, 6.45) is 0. The SMILES string of the molecule is CC(C)(C)c1c(C(=O)O)ccc(-c2ccccc2)c1C(C)(C)C. The molecule has 2 heteroatoms. The molecular weight excluding hydrogens is 284 g/mol. The van der Waals surface area contributed by atoms with Crippen molar-refractivity contribution in [1.82, 2.24) is 0 Å². The van der Waals surface area contributed by atoms with Gasteiger partial charge in [0.1, 0.15) is 0 Å². The van der Waals surface area contributed by atoms with E-state index in [2.05, 4.69) is 53.7 Å². The molecule has 0 spiro atoms. The van der Waals surface area contributed by atoms with Crippen LogP contribution < -0.4 is 0 Å². The summed E-state index contributed by atoms with van der Waals surface area (Å²) in [5, 5.41) is 9.68. The van der Waals surface area contributed by atoms with Gasteiger partial charge in [-0.2, -0.15) is 0 Å². The van der Waals surface area contributed by atoms with Crippen molar-refractivity contribution in [1.29, 1.82) is 0 Å². The van der Waals surface area contributed by atoms with Gasteiger partial charge in [-0.3, -0.25) is 0 Å². The van der Waals surface area contributed by atoms with Gasteiger partial charge < -0.3 is 5.11 Å². The second-order valence-electron chi connectivity index (χ2n) is 8.08. The summed E-state index contributed by atoms with van der Waals surface area (Å²) < 4.78 is 0. The van der Waals surface area contributed by atoms with Gasteiger partial charge in [0.25, 0.3) is 0 Å². The van der Waals surface area contributed by atoms with Gasteiger partial charge in [-0.25, -0.2) is 4.79 Å². The first kappa shape index (κ1) is 17.3. The molecule has 0 saturated heterocycles. The van der Waals surface area contributed by atoms with E-state index in [-0.39, 0.29) is 10.8 Å². The number of hydrogen-bond donors (Lipinski definition) is 1. The third kappa shape index (κ3) is 3.47. The summed E-state index contributed by atoms with van der Waals surface area (Å²) in [4.78, 5) is 11.8. The minimum Gasteiger partial charge on any atom is -0.478 e. The summed E-state index contributed by atoms with van der Waals surface area (Å²) in [5.41, 5.74) is 4.30. The van der Waals surface area contributed by atoms with Gasteiger partial charge in [0.05, 0.1) is 5.56 Å². The number of aromatic carboxylic acids is 1. The molecule has 0 aliphatic heterocycles. The van der Waals surface area contributed by atoms with Crippen molar-refractivity contribution in [2.24, 2.45) is 0 Å². The molecule has 0 amide bonds. The van der Waals surface area contributed by atoms with Crippen LogP contribution in [-0.2, 0) is 10.8 Å². The average molecular weight is 310 g/mol.